The Hall–Kier alpha value is -1.24. The molecule has 100 valence electrons. The molecular weight excluding hydrogens is 220 g/mol. The fourth-order valence-electron chi connectivity index (χ4n) is 2.33. The van der Waals surface area contributed by atoms with Gasteiger partial charge >= 0.3 is 0 Å². The van der Waals surface area contributed by atoms with E-state index in [0.717, 1.165) is 31.6 Å². The van der Waals surface area contributed by atoms with Crippen LogP contribution in [0, 0.1) is 13.8 Å². The van der Waals surface area contributed by atoms with Crippen molar-refractivity contribution < 1.29 is 4.74 Å². The van der Waals surface area contributed by atoms with E-state index in [1.165, 1.54) is 16.7 Å². The molecule has 0 radical (unpaired) electrons. The molecule has 1 nitrogen and oxygen atoms in total. The van der Waals surface area contributed by atoms with E-state index in [4.69, 9.17) is 4.74 Å². The molecule has 1 aromatic carbocycles. The minimum Gasteiger partial charge on any atom is -0.493 e. The Balaban J connectivity index is 3.01. The second kappa shape index (κ2) is 7.25. The summed E-state index contributed by atoms with van der Waals surface area (Å²) in [7, 11) is 0. The third kappa shape index (κ3) is 3.63. The standard InChI is InChI=1S/C17H26O/c1-6-9-15(8-3)16-11-14(5)17(12-13(16)4)18-10-7-2/h6,11-12,15H,1,7-10H2,2-5H3. The number of benzene rings is 1. The fourth-order valence-corrected chi connectivity index (χ4v) is 2.33. The maximum absolute atomic E-state index is 5.77. The zero-order valence-electron chi connectivity index (χ0n) is 12.3. The molecule has 1 atom stereocenters. The number of rotatable bonds is 7. The van der Waals surface area contributed by atoms with Crippen LogP contribution in [0.25, 0.3) is 0 Å². The summed E-state index contributed by atoms with van der Waals surface area (Å²) in [5, 5.41) is 0. The first-order valence-electron chi connectivity index (χ1n) is 6.98. The van der Waals surface area contributed by atoms with Gasteiger partial charge in [0.1, 0.15) is 5.75 Å². The highest BCUT2D eigenvalue weighted by molar-refractivity contribution is 5.43. The van der Waals surface area contributed by atoms with E-state index in [-0.39, 0.29) is 0 Å². The average molecular weight is 246 g/mol. The van der Waals surface area contributed by atoms with Crippen molar-refractivity contribution >= 4 is 0 Å². The molecule has 0 aliphatic heterocycles. The first kappa shape index (κ1) is 14.8. The van der Waals surface area contributed by atoms with Crippen molar-refractivity contribution in [2.24, 2.45) is 0 Å². The highest BCUT2D eigenvalue weighted by Gasteiger charge is 2.13. The van der Waals surface area contributed by atoms with Gasteiger partial charge in [0.25, 0.3) is 0 Å². The monoisotopic (exact) mass is 246 g/mol. The number of hydrogen-bond donors (Lipinski definition) is 0. The molecule has 1 unspecified atom stereocenters. The molecule has 0 aliphatic carbocycles. The first-order valence-corrected chi connectivity index (χ1v) is 6.98. The molecule has 0 saturated carbocycles. The third-order valence-electron chi connectivity index (χ3n) is 3.41. The van der Waals surface area contributed by atoms with E-state index in [1.807, 2.05) is 6.08 Å². The Morgan fingerprint density at radius 1 is 1.22 bits per heavy atom. The Kier molecular flexibility index (Phi) is 5.97. The molecular formula is C17H26O. The molecule has 1 aromatic rings. The summed E-state index contributed by atoms with van der Waals surface area (Å²) in [4.78, 5) is 0. The van der Waals surface area contributed by atoms with E-state index in [2.05, 4.69) is 46.4 Å². The number of aryl methyl sites for hydroxylation is 2. The van der Waals surface area contributed by atoms with Crippen LogP contribution in [0.4, 0.5) is 0 Å². The molecule has 0 N–H and O–H groups in total. The van der Waals surface area contributed by atoms with E-state index in [9.17, 15) is 0 Å². The van der Waals surface area contributed by atoms with Gasteiger partial charge in [0, 0.05) is 0 Å². The van der Waals surface area contributed by atoms with Gasteiger partial charge < -0.3 is 4.74 Å². The first-order chi connectivity index (χ1) is 8.63. The summed E-state index contributed by atoms with van der Waals surface area (Å²) < 4.78 is 5.77. The van der Waals surface area contributed by atoms with Crippen molar-refractivity contribution in [1.29, 1.82) is 0 Å². The normalized spacial score (nSPS) is 12.2. The average Bonchev–Trinajstić information content (AvgIpc) is 2.37. The van der Waals surface area contributed by atoms with Crippen molar-refractivity contribution in [3.05, 3.63) is 41.5 Å². The van der Waals surface area contributed by atoms with E-state index in [1.54, 1.807) is 0 Å². The topological polar surface area (TPSA) is 9.23 Å². The molecule has 1 rings (SSSR count). The molecule has 0 fully saturated rings. The van der Waals surface area contributed by atoms with Crippen LogP contribution in [0.2, 0.25) is 0 Å². The van der Waals surface area contributed by atoms with Gasteiger partial charge in [-0.05, 0) is 61.8 Å². The van der Waals surface area contributed by atoms with Crippen LogP contribution >= 0.6 is 0 Å². The lowest BCUT2D eigenvalue weighted by Crippen LogP contribution is -2.03. The molecule has 0 saturated heterocycles. The summed E-state index contributed by atoms with van der Waals surface area (Å²) in [6, 6.07) is 4.48. The SMILES string of the molecule is C=CCC(CC)c1cc(C)c(OCCC)cc1C. The van der Waals surface area contributed by atoms with Gasteiger partial charge in [-0.1, -0.05) is 26.0 Å². The lowest BCUT2D eigenvalue weighted by molar-refractivity contribution is 0.315. The van der Waals surface area contributed by atoms with Crippen molar-refractivity contribution in [1.82, 2.24) is 0 Å². The molecule has 18 heavy (non-hydrogen) atoms. The Morgan fingerprint density at radius 2 is 1.94 bits per heavy atom. The largest absolute Gasteiger partial charge is 0.493 e. The Labute approximate surface area is 112 Å². The highest BCUT2D eigenvalue weighted by Crippen LogP contribution is 2.31. The van der Waals surface area contributed by atoms with Gasteiger partial charge in [-0.2, -0.15) is 0 Å². The molecule has 1 heteroatoms. The molecule has 0 spiro atoms. The zero-order chi connectivity index (χ0) is 13.5. The number of hydrogen-bond acceptors (Lipinski definition) is 1. The number of allylic oxidation sites excluding steroid dienone is 1. The highest BCUT2D eigenvalue weighted by atomic mass is 16.5. The van der Waals surface area contributed by atoms with Crippen molar-refractivity contribution in [3.63, 3.8) is 0 Å². The summed E-state index contributed by atoms with van der Waals surface area (Å²) >= 11 is 0. The second-order valence-electron chi connectivity index (χ2n) is 4.95. The van der Waals surface area contributed by atoms with Gasteiger partial charge in [-0.3, -0.25) is 0 Å². The molecule has 0 aromatic heterocycles. The maximum atomic E-state index is 5.77. The van der Waals surface area contributed by atoms with Crippen LogP contribution in [0.3, 0.4) is 0 Å². The summed E-state index contributed by atoms with van der Waals surface area (Å²) in [5.41, 5.74) is 4.02. The Bertz CT molecular complexity index is 393. The fraction of sp³-hybridized carbons (Fsp3) is 0.529. The maximum Gasteiger partial charge on any atom is 0.122 e. The van der Waals surface area contributed by atoms with E-state index in [0.29, 0.717) is 5.92 Å². The zero-order valence-corrected chi connectivity index (χ0v) is 12.3. The van der Waals surface area contributed by atoms with E-state index >= 15 is 0 Å². The van der Waals surface area contributed by atoms with Crippen molar-refractivity contribution in [2.75, 3.05) is 6.61 Å². The predicted octanol–water partition coefficient (Wildman–Crippen LogP) is 5.16. The second-order valence-corrected chi connectivity index (χ2v) is 4.95. The van der Waals surface area contributed by atoms with Gasteiger partial charge in [-0.25, -0.2) is 0 Å². The third-order valence-corrected chi connectivity index (χ3v) is 3.41. The van der Waals surface area contributed by atoms with E-state index < -0.39 is 0 Å². The van der Waals surface area contributed by atoms with Gasteiger partial charge in [0.15, 0.2) is 0 Å². The quantitative estimate of drug-likeness (QED) is 0.604. The Morgan fingerprint density at radius 3 is 2.50 bits per heavy atom. The van der Waals surface area contributed by atoms with Gasteiger partial charge in [0.2, 0.25) is 0 Å². The summed E-state index contributed by atoms with van der Waals surface area (Å²) in [6.07, 6.45) is 5.27. The van der Waals surface area contributed by atoms with Gasteiger partial charge in [-0.15, -0.1) is 6.58 Å². The molecule has 0 heterocycles. The van der Waals surface area contributed by atoms with Crippen LogP contribution in [0.15, 0.2) is 24.8 Å². The number of ether oxygens (including phenoxy) is 1. The smallest absolute Gasteiger partial charge is 0.122 e. The van der Waals surface area contributed by atoms with Crippen LogP contribution in [-0.2, 0) is 0 Å². The molecule has 0 amide bonds. The van der Waals surface area contributed by atoms with Gasteiger partial charge in [0.05, 0.1) is 6.61 Å². The van der Waals surface area contributed by atoms with Crippen LogP contribution < -0.4 is 4.74 Å². The van der Waals surface area contributed by atoms with Crippen LogP contribution in [0.1, 0.15) is 55.7 Å². The molecule has 0 aliphatic rings. The predicted molar refractivity (Wildman–Crippen MR) is 79.5 cm³/mol. The lowest BCUT2D eigenvalue weighted by Gasteiger charge is -2.19. The minimum absolute atomic E-state index is 0.585. The summed E-state index contributed by atoms with van der Waals surface area (Å²) in [6.45, 7) is 13.3. The van der Waals surface area contributed by atoms with Crippen LogP contribution in [0.5, 0.6) is 5.75 Å². The lowest BCUT2D eigenvalue weighted by atomic mass is 9.88. The summed E-state index contributed by atoms with van der Waals surface area (Å²) in [5.74, 6) is 1.62. The van der Waals surface area contributed by atoms with Crippen molar-refractivity contribution in [2.45, 2.75) is 52.9 Å². The van der Waals surface area contributed by atoms with Crippen LogP contribution in [-0.4, -0.2) is 6.61 Å². The van der Waals surface area contributed by atoms with Crippen molar-refractivity contribution in [3.8, 4) is 5.75 Å². The minimum atomic E-state index is 0.585. The molecule has 0 bridgehead atoms.